The number of carboxylic acid groups (broad SMARTS) is 2. The number of rotatable bonds is 8. The fourth-order valence-corrected chi connectivity index (χ4v) is 14.1. The molecule has 1 aromatic carbocycles. The number of terminal acetylenes is 2. The van der Waals surface area contributed by atoms with Gasteiger partial charge in [0.1, 0.15) is 0 Å². The SMILES string of the molecule is C#C.C#C.C=CC.CC.CC.CC1(C)C(c2ccc(C(=O)O)c(C(=O)O)c2)=CC[C@]2(C)C3CCC4C(CC[C@@]5(C(=O)NCCCN6CCS(=O)(=O)CC6)CCCC45)C3CCC12. The molecule has 5 fully saturated rings. The lowest BCUT2D eigenvalue weighted by Gasteiger charge is -2.64. The molecule has 1 amide bonds. The number of carbonyl (C=O) groups is 3. The molecule has 9 nitrogen and oxygen atoms in total. The minimum Gasteiger partial charge on any atom is -0.478 e. The third-order valence-corrected chi connectivity index (χ3v) is 16.7. The van der Waals surface area contributed by atoms with Crippen LogP contribution in [-0.2, 0) is 14.6 Å². The first kappa shape index (κ1) is 53.3. The highest BCUT2D eigenvalue weighted by atomic mass is 32.2. The lowest BCUT2D eigenvalue weighted by molar-refractivity contribution is -0.151. The maximum Gasteiger partial charge on any atom is 0.336 e. The maximum absolute atomic E-state index is 14.0. The third-order valence-electron chi connectivity index (χ3n) is 15.1. The highest BCUT2D eigenvalue weighted by molar-refractivity contribution is 7.91. The van der Waals surface area contributed by atoms with Crippen LogP contribution in [0.5, 0.6) is 0 Å². The van der Waals surface area contributed by atoms with Crippen LogP contribution in [0.4, 0.5) is 0 Å². The number of sulfone groups is 1. The summed E-state index contributed by atoms with van der Waals surface area (Å²) in [5.41, 5.74) is 1.33. The number of amides is 1. The van der Waals surface area contributed by atoms with Gasteiger partial charge in [0.2, 0.25) is 5.91 Å². The van der Waals surface area contributed by atoms with Gasteiger partial charge in [0.15, 0.2) is 9.84 Å². The molecule has 5 aliphatic carbocycles. The summed E-state index contributed by atoms with van der Waals surface area (Å²) in [6, 6.07) is 4.80. The third kappa shape index (κ3) is 11.2. The molecule has 3 N–H and O–H groups in total. The molecule has 6 unspecified atom stereocenters. The van der Waals surface area contributed by atoms with Crippen LogP contribution < -0.4 is 5.32 Å². The molecule has 1 aliphatic heterocycles. The second-order valence-electron chi connectivity index (χ2n) is 17.9. The Kier molecular flexibility index (Phi) is 20.6. The lowest BCUT2D eigenvalue weighted by Crippen LogP contribution is -2.58. The molecule has 4 saturated carbocycles. The van der Waals surface area contributed by atoms with Gasteiger partial charge in [0.25, 0.3) is 0 Å². The van der Waals surface area contributed by atoms with E-state index >= 15 is 0 Å². The van der Waals surface area contributed by atoms with E-state index < -0.39 is 21.8 Å². The van der Waals surface area contributed by atoms with Gasteiger partial charge in [-0.2, -0.15) is 0 Å². The van der Waals surface area contributed by atoms with Crippen LogP contribution in [0.3, 0.4) is 0 Å². The van der Waals surface area contributed by atoms with Gasteiger partial charge in [0.05, 0.1) is 28.0 Å². The quantitative estimate of drug-likeness (QED) is 0.133. The number of nitrogens with zero attached hydrogens (tertiary/aromatic N) is 1. The van der Waals surface area contributed by atoms with Crippen LogP contribution in [0.1, 0.15) is 152 Å². The lowest BCUT2D eigenvalue weighted by atomic mass is 9.40. The Morgan fingerprint density at radius 1 is 0.836 bits per heavy atom. The highest BCUT2D eigenvalue weighted by Crippen LogP contribution is 2.69. The summed E-state index contributed by atoms with van der Waals surface area (Å²) in [5, 5.41) is 22.7. The van der Waals surface area contributed by atoms with Crippen molar-refractivity contribution in [3.05, 3.63) is 53.6 Å². The molecule has 8 atom stereocenters. The molecule has 1 heterocycles. The predicted molar refractivity (Wildman–Crippen MR) is 251 cm³/mol. The average molecular weight is 863 g/mol. The molecular formula is C51H78N2O7S. The van der Waals surface area contributed by atoms with E-state index in [1.54, 1.807) is 18.2 Å². The number of allylic oxidation sites excluding steroid dienone is 3. The normalized spacial score (nSPS) is 31.0. The largest absolute Gasteiger partial charge is 0.478 e. The number of aromatic carboxylic acids is 2. The molecule has 0 radical (unpaired) electrons. The summed E-state index contributed by atoms with van der Waals surface area (Å²) in [4.78, 5) is 39.9. The summed E-state index contributed by atoms with van der Waals surface area (Å²) >= 11 is 0. The van der Waals surface area contributed by atoms with E-state index in [1.165, 1.54) is 25.3 Å². The van der Waals surface area contributed by atoms with Crippen molar-refractivity contribution in [1.29, 1.82) is 0 Å². The van der Waals surface area contributed by atoms with Crippen LogP contribution >= 0.6 is 0 Å². The van der Waals surface area contributed by atoms with E-state index in [2.05, 4.69) is 69.3 Å². The van der Waals surface area contributed by atoms with Gasteiger partial charge in [-0.3, -0.25) is 4.79 Å². The maximum atomic E-state index is 14.0. The first-order valence-electron chi connectivity index (χ1n) is 22.9. The molecular weight excluding hydrogens is 785 g/mol. The van der Waals surface area contributed by atoms with Crippen LogP contribution in [-0.4, -0.2) is 79.1 Å². The van der Waals surface area contributed by atoms with Gasteiger partial charge in [-0.15, -0.1) is 32.3 Å². The summed E-state index contributed by atoms with van der Waals surface area (Å²) in [6.07, 6.45) is 32.0. The van der Waals surface area contributed by atoms with E-state index in [0.717, 1.165) is 69.0 Å². The first-order valence-corrected chi connectivity index (χ1v) is 24.7. The van der Waals surface area contributed by atoms with Crippen molar-refractivity contribution < 1.29 is 33.0 Å². The van der Waals surface area contributed by atoms with Gasteiger partial charge in [-0.25, -0.2) is 18.0 Å². The van der Waals surface area contributed by atoms with Crippen LogP contribution in [0.25, 0.3) is 5.57 Å². The standard InChI is InChI=1S/C40H56N2O7S.C3H6.2C2H6.2C2H2/c1-38(2)31(25-7-8-29(35(43)44)30(24-25)36(45)46)14-16-39(3)32-11-9-28-26(27(32)10-12-34(38)39)13-17-40(15-4-6-33(28)40)37(47)41-18-5-19-42-20-22-50(48,49)23-21-42;1-3-2;4*1-2/h7-8,14,24,26-28,32-34H,4-6,9-13,15-23H2,1-3H3,(H,41,47)(H,43,44)(H,45,46);3H,1H2,2H3;2*1-2H3;2*1-2H/t26?,27?,28?,32?,33?,34?,39-,40+;;;;;/m1...../s1. The zero-order chi connectivity index (χ0) is 46.3. The number of hydrogen-bond acceptors (Lipinski definition) is 6. The minimum atomic E-state index is -2.88. The average Bonchev–Trinajstić information content (AvgIpc) is 3.72. The van der Waals surface area contributed by atoms with Crippen LogP contribution in [0, 0.1) is 77.4 Å². The van der Waals surface area contributed by atoms with E-state index in [-0.39, 0.29) is 44.8 Å². The van der Waals surface area contributed by atoms with Crippen LogP contribution in [0.2, 0.25) is 0 Å². The molecule has 7 rings (SSSR count). The summed E-state index contributed by atoms with van der Waals surface area (Å²) in [7, 11) is -2.88. The molecule has 340 valence electrons. The Morgan fingerprint density at radius 3 is 2.00 bits per heavy atom. The van der Waals surface area contributed by atoms with Crippen LogP contribution in [0.15, 0.2) is 36.9 Å². The predicted octanol–water partition coefficient (Wildman–Crippen LogP) is 10.1. The summed E-state index contributed by atoms with van der Waals surface area (Å²) < 4.78 is 23.5. The van der Waals surface area contributed by atoms with Crippen molar-refractivity contribution in [3.63, 3.8) is 0 Å². The Hall–Kier alpha value is -3.86. The number of carboxylic acids is 2. The van der Waals surface area contributed by atoms with Gasteiger partial charge < -0.3 is 20.4 Å². The zero-order valence-electron chi connectivity index (χ0n) is 38.7. The monoisotopic (exact) mass is 863 g/mol. The molecule has 0 spiro atoms. The Bertz CT molecular complexity index is 1810. The number of nitrogens with one attached hydrogen (secondary N) is 1. The molecule has 0 bridgehead atoms. The minimum absolute atomic E-state index is 0.137. The van der Waals surface area contributed by atoms with Crippen molar-refractivity contribution in [2.24, 2.45) is 51.8 Å². The highest BCUT2D eigenvalue weighted by Gasteiger charge is 2.63. The zero-order valence-corrected chi connectivity index (χ0v) is 39.5. The van der Waals surface area contributed by atoms with Gasteiger partial charge >= 0.3 is 11.9 Å². The molecule has 1 saturated heterocycles. The van der Waals surface area contributed by atoms with Crippen molar-refractivity contribution >= 4 is 33.3 Å². The Morgan fingerprint density at radius 2 is 1.41 bits per heavy atom. The van der Waals surface area contributed by atoms with E-state index in [9.17, 15) is 33.0 Å². The fourth-order valence-electron chi connectivity index (χ4n) is 12.8. The number of benzene rings is 1. The van der Waals surface area contributed by atoms with Crippen molar-refractivity contribution in [1.82, 2.24) is 10.2 Å². The topological polar surface area (TPSA) is 141 Å². The van der Waals surface area contributed by atoms with Gasteiger partial charge in [-0.05, 0) is 147 Å². The summed E-state index contributed by atoms with van der Waals surface area (Å²) in [5.74, 6) is 1.78. The second kappa shape index (κ2) is 23.5. The molecule has 1 aromatic rings. The smallest absolute Gasteiger partial charge is 0.336 e. The van der Waals surface area contributed by atoms with E-state index in [1.807, 2.05) is 34.6 Å². The van der Waals surface area contributed by atoms with E-state index in [0.29, 0.717) is 55.1 Å². The van der Waals surface area contributed by atoms with Crippen molar-refractivity contribution in [2.75, 3.05) is 37.7 Å². The number of hydrogen-bond donors (Lipinski definition) is 3. The Balaban J connectivity index is 0.00000107. The molecule has 0 aromatic heterocycles. The van der Waals surface area contributed by atoms with Gasteiger partial charge in [-0.1, -0.05) is 73.1 Å². The first-order chi connectivity index (χ1) is 29.1. The van der Waals surface area contributed by atoms with Crippen molar-refractivity contribution in [2.45, 2.75) is 126 Å². The fraction of sp³-hybridized carbons (Fsp3) is 0.667. The molecule has 10 heteroatoms. The number of fused-ring (bicyclic) bond motifs is 7. The van der Waals surface area contributed by atoms with E-state index in [4.69, 9.17) is 0 Å². The molecule has 6 aliphatic rings. The molecule has 61 heavy (non-hydrogen) atoms. The van der Waals surface area contributed by atoms with Gasteiger partial charge in [0, 0.05) is 19.6 Å². The summed E-state index contributed by atoms with van der Waals surface area (Å²) in [6.45, 7) is 23.0. The number of carbonyl (C=O) groups excluding carboxylic acids is 1. The second-order valence-corrected chi connectivity index (χ2v) is 20.2. The Labute approximate surface area is 369 Å². The van der Waals surface area contributed by atoms with Crippen molar-refractivity contribution in [3.8, 4) is 25.7 Å².